The number of aryl methyl sites for hydroxylation is 1. The minimum atomic E-state index is -3.72. The molecule has 0 radical (unpaired) electrons. The number of aromatic nitrogens is 1. The average molecular weight is 413 g/mol. The molecule has 8 nitrogen and oxygen atoms in total. The largest absolute Gasteiger partial charge is 0.464 e. The number of hydrogen-bond acceptors (Lipinski definition) is 7. The normalized spacial score (nSPS) is 16.9. The maximum Gasteiger partial charge on any atom is 0.328 e. The number of nitrogens with zero attached hydrogens (tertiary/aromatic N) is 1. The summed E-state index contributed by atoms with van der Waals surface area (Å²) >= 11 is 1.11. The number of anilines is 1. The Labute approximate surface area is 158 Å². The maximum atomic E-state index is 13.8. The van der Waals surface area contributed by atoms with Gasteiger partial charge >= 0.3 is 12.0 Å². The summed E-state index contributed by atoms with van der Waals surface area (Å²) in [5.74, 6) is -1.31. The molecule has 1 atom stereocenters. The summed E-state index contributed by atoms with van der Waals surface area (Å²) in [5.41, 5.74) is 1.02. The summed E-state index contributed by atoms with van der Waals surface area (Å²) in [6.07, 6.45) is 1.33. The maximum absolute atomic E-state index is 13.8. The van der Waals surface area contributed by atoms with Gasteiger partial charge in [0.15, 0.2) is 15.0 Å². The fraction of sp³-hybridized carbons (Fsp3) is 0.312. The fourth-order valence-electron chi connectivity index (χ4n) is 2.56. The van der Waals surface area contributed by atoms with Crippen LogP contribution in [-0.2, 0) is 19.4 Å². The number of benzene rings is 1. The smallest absolute Gasteiger partial charge is 0.328 e. The molecule has 2 heterocycles. The minimum absolute atomic E-state index is 0.261. The third-order valence-electron chi connectivity index (χ3n) is 3.85. The van der Waals surface area contributed by atoms with Crippen LogP contribution in [-0.4, -0.2) is 44.3 Å². The van der Waals surface area contributed by atoms with Crippen molar-refractivity contribution in [2.24, 2.45) is 0 Å². The zero-order chi connectivity index (χ0) is 19.8. The third-order valence-corrected chi connectivity index (χ3v) is 6.08. The summed E-state index contributed by atoms with van der Waals surface area (Å²) in [5, 5.41) is 5.29. The lowest BCUT2D eigenvalue weighted by Gasteiger charge is -2.08. The first-order chi connectivity index (χ1) is 12.6. The van der Waals surface area contributed by atoms with Crippen LogP contribution >= 0.6 is 11.3 Å². The number of halogens is 1. The number of nitrogens with one attached hydrogen (secondary N) is 2. The van der Waals surface area contributed by atoms with Gasteiger partial charge in [-0.05, 0) is 24.6 Å². The molecule has 0 aliphatic carbocycles. The molecule has 3 rings (SSSR count). The Bertz CT molecular complexity index is 1020. The molecule has 0 saturated carbocycles. The lowest BCUT2D eigenvalue weighted by molar-refractivity contribution is -0.139. The highest BCUT2D eigenvalue weighted by Gasteiger charge is 2.28. The number of hydrogen-bond donors (Lipinski definition) is 2. The van der Waals surface area contributed by atoms with Crippen LogP contribution in [0.1, 0.15) is 12.1 Å². The number of amides is 2. The molecular weight excluding hydrogens is 397 g/mol. The van der Waals surface area contributed by atoms with Gasteiger partial charge in [0.25, 0.3) is 0 Å². The molecule has 2 N–H and O–H groups in total. The van der Waals surface area contributed by atoms with Crippen molar-refractivity contribution >= 4 is 38.3 Å². The lowest BCUT2D eigenvalue weighted by Crippen LogP contribution is -2.40. The van der Waals surface area contributed by atoms with E-state index in [9.17, 15) is 22.4 Å². The molecule has 2 aromatic rings. The Morgan fingerprint density at radius 2 is 2.15 bits per heavy atom. The topological polar surface area (TPSA) is 114 Å². The summed E-state index contributed by atoms with van der Waals surface area (Å²) in [4.78, 5) is 27.8. The minimum Gasteiger partial charge on any atom is -0.464 e. The van der Waals surface area contributed by atoms with Crippen LogP contribution in [0.2, 0.25) is 0 Å². The molecule has 1 aliphatic heterocycles. The van der Waals surface area contributed by atoms with E-state index in [0.717, 1.165) is 23.7 Å². The van der Waals surface area contributed by atoms with Crippen molar-refractivity contribution in [2.45, 2.75) is 24.3 Å². The van der Waals surface area contributed by atoms with Crippen molar-refractivity contribution in [2.75, 3.05) is 18.2 Å². The lowest BCUT2D eigenvalue weighted by atomic mass is 10.1. The van der Waals surface area contributed by atoms with Gasteiger partial charge in [0.2, 0.25) is 0 Å². The molecule has 1 unspecified atom stereocenters. The molecule has 27 heavy (non-hydrogen) atoms. The molecule has 0 spiro atoms. The highest BCUT2D eigenvalue weighted by Crippen LogP contribution is 2.34. The first-order valence-corrected chi connectivity index (χ1v) is 10.6. The molecule has 0 bridgehead atoms. The molecule has 1 saturated heterocycles. The zero-order valence-electron chi connectivity index (χ0n) is 14.4. The van der Waals surface area contributed by atoms with Crippen molar-refractivity contribution < 1.29 is 27.1 Å². The van der Waals surface area contributed by atoms with Gasteiger partial charge in [-0.2, -0.15) is 0 Å². The van der Waals surface area contributed by atoms with Gasteiger partial charge in [0, 0.05) is 12.7 Å². The molecule has 1 fully saturated rings. The van der Waals surface area contributed by atoms with Crippen LogP contribution < -0.4 is 10.6 Å². The van der Waals surface area contributed by atoms with Crippen LogP contribution in [0.4, 0.5) is 14.3 Å². The molecule has 11 heteroatoms. The second kappa shape index (κ2) is 7.24. The van der Waals surface area contributed by atoms with Crippen LogP contribution in [0, 0.1) is 12.7 Å². The number of carbonyl (C=O) groups is 2. The Kier molecular flexibility index (Phi) is 5.16. The van der Waals surface area contributed by atoms with E-state index in [1.54, 1.807) is 6.92 Å². The highest BCUT2D eigenvalue weighted by atomic mass is 32.2. The van der Waals surface area contributed by atoms with Crippen LogP contribution in [0.25, 0.3) is 10.4 Å². The Morgan fingerprint density at radius 1 is 1.41 bits per heavy atom. The van der Waals surface area contributed by atoms with E-state index in [2.05, 4.69) is 15.6 Å². The van der Waals surface area contributed by atoms with Crippen molar-refractivity contribution in [1.29, 1.82) is 0 Å². The van der Waals surface area contributed by atoms with Crippen molar-refractivity contribution in [3.05, 3.63) is 29.7 Å². The van der Waals surface area contributed by atoms with Gasteiger partial charge in [-0.1, -0.05) is 17.4 Å². The van der Waals surface area contributed by atoms with E-state index in [1.807, 2.05) is 0 Å². The molecule has 1 aromatic carbocycles. The third kappa shape index (κ3) is 4.25. The van der Waals surface area contributed by atoms with Crippen LogP contribution in [0.3, 0.4) is 0 Å². The van der Waals surface area contributed by atoms with Gasteiger partial charge in [-0.25, -0.2) is 27.4 Å². The van der Waals surface area contributed by atoms with E-state index in [1.165, 1.54) is 12.1 Å². The highest BCUT2D eigenvalue weighted by molar-refractivity contribution is 7.90. The molecule has 2 amide bonds. The summed E-state index contributed by atoms with van der Waals surface area (Å²) in [6.45, 7) is 1.95. The van der Waals surface area contributed by atoms with E-state index in [-0.39, 0.29) is 11.7 Å². The summed E-state index contributed by atoms with van der Waals surface area (Å²) in [6, 6.07) is 2.47. The van der Waals surface area contributed by atoms with Crippen LogP contribution in [0.5, 0.6) is 0 Å². The molecule has 1 aliphatic rings. The number of thiazole rings is 1. The first-order valence-electron chi connectivity index (χ1n) is 7.86. The number of urea groups is 1. The van der Waals surface area contributed by atoms with E-state index < -0.39 is 38.6 Å². The monoisotopic (exact) mass is 413 g/mol. The van der Waals surface area contributed by atoms with E-state index >= 15 is 0 Å². The van der Waals surface area contributed by atoms with Gasteiger partial charge in [0.05, 0.1) is 17.2 Å². The average Bonchev–Trinajstić information content (AvgIpc) is 3.12. The predicted octanol–water partition coefficient (Wildman–Crippen LogP) is 2.10. The molecule has 144 valence electrons. The van der Waals surface area contributed by atoms with Gasteiger partial charge in [-0.15, -0.1) is 0 Å². The van der Waals surface area contributed by atoms with Gasteiger partial charge in [-0.3, -0.25) is 5.32 Å². The van der Waals surface area contributed by atoms with Crippen molar-refractivity contribution in [3.8, 4) is 10.4 Å². The second-order valence-electron chi connectivity index (χ2n) is 5.96. The number of cyclic esters (lactones) is 1. The quantitative estimate of drug-likeness (QED) is 0.742. The second-order valence-corrected chi connectivity index (χ2v) is 8.94. The number of esters is 1. The Balaban J connectivity index is 1.80. The summed E-state index contributed by atoms with van der Waals surface area (Å²) < 4.78 is 42.0. The summed E-state index contributed by atoms with van der Waals surface area (Å²) in [7, 11) is -3.72. The molecular formula is C16H16FN3O5S2. The first kappa shape index (κ1) is 19.2. The van der Waals surface area contributed by atoms with Crippen LogP contribution in [0.15, 0.2) is 23.1 Å². The predicted molar refractivity (Wildman–Crippen MR) is 96.9 cm³/mol. The van der Waals surface area contributed by atoms with Gasteiger partial charge in [0.1, 0.15) is 16.8 Å². The standard InChI is InChI=1S/C16H16FN3O5S2/c1-8-13(9-3-4-10(17)12(7-9)27(2,23)24)26-16(18-8)20-15(22)19-11-5-6-25-14(11)21/h3-4,7,11H,5-6H2,1-2H3,(H2,18,19,20,22). The Hall–Kier alpha value is -2.53. The number of ether oxygens (including phenoxy) is 1. The SMILES string of the molecule is Cc1nc(NC(=O)NC2CCOC2=O)sc1-c1ccc(F)c(S(C)(=O)=O)c1. The van der Waals surface area contributed by atoms with Crippen molar-refractivity contribution in [3.63, 3.8) is 0 Å². The molecule has 1 aromatic heterocycles. The fourth-order valence-corrected chi connectivity index (χ4v) is 4.29. The number of rotatable bonds is 4. The van der Waals surface area contributed by atoms with E-state index in [0.29, 0.717) is 22.6 Å². The van der Waals surface area contributed by atoms with Gasteiger partial charge < -0.3 is 10.1 Å². The van der Waals surface area contributed by atoms with Crippen molar-refractivity contribution in [1.82, 2.24) is 10.3 Å². The number of carbonyl (C=O) groups excluding carboxylic acids is 2. The number of sulfone groups is 1. The Morgan fingerprint density at radius 3 is 2.78 bits per heavy atom. The van der Waals surface area contributed by atoms with E-state index in [4.69, 9.17) is 4.74 Å². The zero-order valence-corrected chi connectivity index (χ0v) is 16.0.